The highest BCUT2D eigenvalue weighted by Gasteiger charge is 2.36. The van der Waals surface area contributed by atoms with E-state index >= 15 is 0 Å². The van der Waals surface area contributed by atoms with Crippen molar-refractivity contribution < 1.29 is 24.1 Å². The van der Waals surface area contributed by atoms with Crippen molar-refractivity contribution >= 4 is 5.97 Å². The SMILES string of the molecule is CCOC1C=CC(CCCCCC(=O)O)(OCC)O1. The molecule has 0 spiro atoms. The molecule has 2 unspecified atom stereocenters. The molecule has 0 fully saturated rings. The molecule has 1 aliphatic rings. The highest BCUT2D eigenvalue weighted by atomic mass is 16.8. The van der Waals surface area contributed by atoms with Crippen molar-refractivity contribution in [2.45, 2.75) is 58.0 Å². The van der Waals surface area contributed by atoms with E-state index in [1.807, 2.05) is 26.0 Å². The summed E-state index contributed by atoms with van der Waals surface area (Å²) in [6, 6.07) is 0. The first-order chi connectivity index (χ1) is 9.12. The lowest BCUT2D eigenvalue weighted by Gasteiger charge is -2.28. The van der Waals surface area contributed by atoms with Crippen LogP contribution in [0.2, 0.25) is 0 Å². The highest BCUT2D eigenvalue weighted by molar-refractivity contribution is 5.66. The van der Waals surface area contributed by atoms with Gasteiger partial charge in [0.2, 0.25) is 0 Å². The van der Waals surface area contributed by atoms with E-state index in [1.54, 1.807) is 0 Å². The number of hydrogen-bond donors (Lipinski definition) is 1. The molecule has 1 heterocycles. The van der Waals surface area contributed by atoms with Gasteiger partial charge in [-0.2, -0.15) is 0 Å². The first-order valence-electron chi connectivity index (χ1n) is 6.96. The van der Waals surface area contributed by atoms with Crippen molar-refractivity contribution in [3.05, 3.63) is 12.2 Å². The van der Waals surface area contributed by atoms with E-state index in [2.05, 4.69) is 0 Å². The second-order valence-electron chi connectivity index (χ2n) is 4.50. The Balaban J connectivity index is 2.33. The Morgan fingerprint density at radius 3 is 2.74 bits per heavy atom. The smallest absolute Gasteiger partial charge is 0.303 e. The van der Waals surface area contributed by atoms with E-state index in [-0.39, 0.29) is 12.7 Å². The lowest BCUT2D eigenvalue weighted by Crippen LogP contribution is -2.33. The fourth-order valence-electron chi connectivity index (χ4n) is 2.12. The van der Waals surface area contributed by atoms with Crippen LogP contribution in [0, 0.1) is 0 Å². The fraction of sp³-hybridized carbons (Fsp3) is 0.786. The van der Waals surface area contributed by atoms with Crippen LogP contribution in [0.15, 0.2) is 12.2 Å². The summed E-state index contributed by atoms with van der Waals surface area (Å²) in [6.07, 6.45) is 6.81. The van der Waals surface area contributed by atoms with Crippen LogP contribution in [0.4, 0.5) is 0 Å². The van der Waals surface area contributed by atoms with Crippen LogP contribution in [0.5, 0.6) is 0 Å². The molecule has 0 aromatic rings. The minimum Gasteiger partial charge on any atom is -0.481 e. The molecular formula is C14H24O5. The largest absolute Gasteiger partial charge is 0.481 e. The van der Waals surface area contributed by atoms with Gasteiger partial charge in [-0.15, -0.1) is 0 Å². The lowest BCUT2D eigenvalue weighted by molar-refractivity contribution is -0.258. The van der Waals surface area contributed by atoms with Gasteiger partial charge in [0.25, 0.3) is 0 Å². The topological polar surface area (TPSA) is 65.0 Å². The number of carboxylic acid groups (broad SMARTS) is 1. The Morgan fingerprint density at radius 2 is 2.11 bits per heavy atom. The van der Waals surface area contributed by atoms with Crippen LogP contribution < -0.4 is 0 Å². The third-order valence-electron chi connectivity index (χ3n) is 2.96. The summed E-state index contributed by atoms with van der Waals surface area (Å²) < 4.78 is 16.9. The summed E-state index contributed by atoms with van der Waals surface area (Å²) in [4.78, 5) is 10.4. The molecule has 1 aliphatic heterocycles. The van der Waals surface area contributed by atoms with Gasteiger partial charge in [0.1, 0.15) is 0 Å². The van der Waals surface area contributed by atoms with Crippen molar-refractivity contribution in [3.8, 4) is 0 Å². The second-order valence-corrected chi connectivity index (χ2v) is 4.50. The number of unbranched alkanes of at least 4 members (excludes halogenated alkanes) is 2. The Labute approximate surface area is 114 Å². The molecule has 0 aliphatic carbocycles. The van der Waals surface area contributed by atoms with Crippen molar-refractivity contribution in [3.63, 3.8) is 0 Å². The van der Waals surface area contributed by atoms with Crippen molar-refractivity contribution in [1.82, 2.24) is 0 Å². The Kier molecular flexibility index (Phi) is 7.05. The molecule has 110 valence electrons. The van der Waals surface area contributed by atoms with Crippen LogP contribution >= 0.6 is 0 Å². The van der Waals surface area contributed by atoms with Gasteiger partial charge in [0.15, 0.2) is 12.1 Å². The molecular weight excluding hydrogens is 248 g/mol. The molecule has 2 atom stereocenters. The number of rotatable bonds is 10. The van der Waals surface area contributed by atoms with Crippen LogP contribution in [0.1, 0.15) is 46.0 Å². The molecule has 0 amide bonds. The van der Waals surface area contributed by atoms with Crippen molar-refractivity contribution in [2.24, 2.45) is 0 Å². The predicted octanol–water partition coefficient (Wildman–Crippen LogP) is 2.70. The Hall–Kier alpha value is -0.910. The van der Waals surface area contributed by atoms with E-state index in [0.29, 0.717) is 19.6 Å². The molecule has 0 radical (unpaired) electrons. The van der Waals surface area contributed by atoms with Gasteiger partial charge in [0.05, 0.1) is 0 Å². The molecule has 0 saturated carbocycles. The van der Waals surface area contributed by atoms with Gasteiger partial charge in [-0.25, -0.2) is 0 Å². The summed E-state index contributed by atoms with van der Waals surface area (Å²) in [5, 5.41) is 8.58. The van der Waals surface area contributed by atoms with Gasteiger partial charge in [0, 0.05) is 26.1 Å². The minimum absolute atomic E-state index is 0.222. The van der Waals surface area contributed by atoms with Crippen molar-refractivity contribution in [2.75, 3.05) is 13.2 Å². The predicted molar refractivity (Wildman–Crippen MR) is 70.7 cm³/mol. The zero-order chi connectivity index (χ0) is 14.1. The van der Waals surface area contributed by atoms with Gasteiger partial charge >= 0.3 is 5.97 Å². The second kappa shape index (κ2) is 8.30. The number of hydrogen-bond acceptors (Lipinski definition) is 4. The molecule has 5 nitrogen and oxygen atoms in total. The maximum atomic E-state index is 10.4. The Bertz CT molecular complexity index is 302. The first kappa shape index (κ1) is 16.1. The molecule has 0 bridgehead atoms. The number of carboxylic acids is 1. The first-order valence-corrected chi connectivity index (χ1v) is 6.96. The normalized spacial score (nSPS) is 25.9. The van der Waals surface area contributed by atoms with Gasteiger partial charge < -0.3 is 19.3 Å². The van der Waals surface area contributed by atoms with Crippen LogP contribution in [-0.2, 0) is 19.0 Å². The van der Waals surface area contributed by atoms with E-state index in [0.717, 1.165) is 19.3 Å². The summed E-state index contributed by atoms with van der Waals surface area (Å²) in [5.41, 5.74) is 0. The molecule has 5 heteroatoms. The standard InChI is InChI=1S/C14H24O5/c1-3-17-13-9-11-14(19-13,18-4-2)10-7-5-6-8-12(15)16/h9,11,13H,3-8,10H2,1-2H3,(H,15,16). The summed E-state index contributed by atoms with van der Waals surface area (Å²) >= 11 is 0. The van der Waals surface area contributed by atoms with Crippen molar-refractivity contribution in [1.29, 1.82) is 0 Å². The average molecular weight is 272 g/mol. The summed E-state index contributed by atoms with van der Waals surface area (Å²) in [6.45, 7) is 5.01. The monoisotopic (exact) mass is 272 g/mol. The lowest BCUT2D eigenvalue weighted by atomic mass is 10.1. The third-order valence-corrected chi connectivity index (χ3v) is 2.96. The molecule has 1 N–H and O–H groups in total. The van der Waals surface area contributed by atoms with Gasteiger partial charge in [-0.05, 0) is 38.8 Å². The van der Waals surface area contributed by atoms with E-state index < -0.39 is 11.8 Å². The fourth-order valence-corrected chi connectivity index (χ4v) is 2.12. The quantitative estimate of drug-likeness (QED) is 0.489. The Morgan fingerprint density at radius 1 is 1.32 bits per heavy atom. The minimum atomic E-state index is -0.743. The average Bonchev–Trinajstić information content (AvgIpc) is 2.73. The zero-order valence-corrected chi connectivity index (χ0v) is 11.8. The maximum absolute atomic E-state index is 10.4. The maximum Gasteiger partial charge on any atom is 0.303 e. The molecule has 19 heavy (non-hydrogen) atoms. The van der Waals surface area contributed by atoms with Gasteiger partial charge in [-0.3, -0.25) is 4.79 Å². The number of carbonyl (C=O) groups is 1. The van der Waals surface area contributed by atoms with Crippen LogP contribution in [0.3, 0.4) is 0 Å². The molecule has 0 saturated heterocycles. The molecule has 0 aromatic heterocycles. The third kappa shape index (κ3) is 5.72. The van der Waals surface area contributed by atoms with Crippen LogP contribution in [0.25, 0.3) is 0 Å². The summed E-state index contributed by atoms with van der Waals surface area (Å²) in [7, 11) is 0. The molecule has 1 rings (SSSR count). The summed E-state index contributed by atoms with van der Waals surface area (Å²) in [5.74, 6) is -1.44. The number of aliphatic carboxylic acids is 1. The van der Waals surface area contributed by atoms with E-state index in [9.17, 15) is 4.79 Å². The number of ether oxygens (including phenoxy) is 3. The van der Waals surface area contributed by atoms with E-state index in [4.69, 9.17) is 19.3 Å². The molecule has 0 aromatic carbocycles. The highest BCUT2D eigenvalue weighted by Crippen LogP contribution is 2.31. The van der Waals surface area contributed by atoms with Gasteiger partial charge in [-0.1, -0.05) is 6.42 Å². The van der Waals surface area contributed by atoms with E-state index in [1.165, 1.54) is 0 Å². The zero-order valence-electron chi connectivity index (χ0n) is 11.8. The van der Waals surface area contributed by atoms with Crippen LogP contribution in [-0.4, -0.2) is 36.4 Å².